The molecule has 4 heterocycles. The first-order valence-electron chi connectivity index (χ1n) is 11.1. The highest BCUT2D eigenvalue weighted by atomic mass is 16.2. The number of rotatable bonds is 6. The number of hydrogen-bond donors (Lipinski definition) is 2. The lowest BCUT2D eigenvalue weighted by atomic mass is 9.85. The Hall–Kier alpha value is -1.93. The van der Waals surface area contributed by atoms with E-state index in [0.29, 0.717) is 19.1 Å². The van der Waals surface area contributed by atoms with E-state index in [4.69, 9.17) is 0 Å². The molecule has 2 N–H and O–H groups in total. The van der Waals surface area contributed by atoms with Gasteiger partial charge in [0.15, 0.2) is 5.96 Å². The standard InChI is InChI=1S/C21H32N6O2/c1-22-21(24-12-16-13-25-7-9-26(16)10-8-25)23-5-2-6-27-19(28)17-14-3-4-15(11-14)18(17)20(27)29/h3-4,14-18H,2,5-13H2,1H3,(H2,22,23,24). The molecule has 5 unspecified atom stereocenters. The Bertz CT molecular complexity index is 699. The number of piperazine rings is 3. The molecule has 5 fully saturated rings. The van der Waals surface area contributed by atoms with E-state index >= 15 is 0 Å². The number of nitrogens with zero attached hydrogens (tertiary/aromatic N) is 4. The number of imide groups is 1. The molecule has 29 heavy (non-hydrogen) atoms. The predicted molar refractivity (Wildman–Crippen MR) is 110 cm³/mol. The molecule has 5 atom stereocenters. The Labute approximate surface area is 172 Å². The van der Waals surface area contributed by atoms with Crippen LogP contribution in [0.25, 0.3) is 0 Å². The van der Waals surface area contributed by atoms with Gasteiger partial charge in [0.1, 0.15) is 0 Å². The summed E-state index contributed by atoms with van der Waals surface area (Å²) in [5.74, 6) is 1.30. The van der Waals surface area contributed by atoms with Gasteiger partial charge in [0.2, 0.25) is 11.8 Å². The molecule has 0 aromatic carbocycles. The van der Waals surface area contributed by atoms with Crippen molar-refractivity contribution in [2.45, 2.75) is 18.9 Å². The van der Waals surface area contributed by atoms with Gasteiger partial charge in [-0.05, 0) is 24.7 Å². The third-order valence-corrected chi connectivity index (χ3v) is 7.53. The topological polar surface area (TPSA) is 80.3 Å². The van der Waals surface area contributed by atoms with Gasteiger partial charge in [-0.3, -0.25) is 29.3 Å². The van der Waals surface area contributed by atoms with Crippen LogP contribution in [0, 0.1) is 23.7 Å². The van der Waals surface area contributed by atoms with Gasteiger partial charge in [0, 0.05) is 65.4 Å². The molecule has 8 heteroatoms. The van der Waals surface area contributed by atoms with Crippen molar-refractivity contribution in [2.75, 3.05) is 59.4 Å². The average molecular weight is 401 g/mol. The Morgan fingerprint density at radius 3 is 2.34 bits per heavy atom. The van der Waals surface area contributed by atoms with Crippen molar-refractivity contribution < 1.29 is 9.59 Å². The molecule has 4 bridgehead atoms. The molecule has 1 saturated carbocycles. The summed E-state index contributed by atoms with van der Waals surface area (Å²) < 4.78 is 0. The van der Waals surface area contributed by atoms with Crippen molar-refractivity contribution in [3.63, 3.8) is 0 Å². The van der Waals surface area contributed by atoms with Crippen molar-refractivity contribution in [2.24, 2.45) is 28.7 Å². The fourth-order valence-electron chi connectivity index (χ4n) is 5.98. The van der Waals surface area contributed by atoms with Crippen LogP contribution in [0.1, 0.15) is 12.8 Å². The number of aliphatic imine (C=N–C) groups is 1. The highest BCUT2D eigenvalue weighted by Crippen LogP contribution is 2.52. The maximum Gasteiger partial charge on any atom is 0.233 e. The molecule has 4 aliphatic heterocycles. The maximum absolute atomic E-state index is 12.7. The predicted octanol–water partition coefficient (Wildman–Crippen LogP) is -0.652. The van der Waals surface area contributed by atoms with E-state index in [1.807, 2.05) is 0 Å². The van der Waals surface area contributed by atoms with Crippen molar-refractivity contribution in [3.05, 3.63) is 12.2 Å². The Kier molecular flexibility index (Phi) is 5.07. The number of carbonyl (C=O) groups excluding carboxylic acids is 2. The molecule has 158 valence electrons. The second-order valence-electron chi connectivity index (χ2n) is 9.05. The van der Waals surface area contributed by atoms with E-state index in [0.717, 1.165) is 45.0 Å². The van der Waals surface area contributed by atoms with Gasteiger partial charge in [-0.1, -0.05) is 12.2 Å². The van der Waals surface area contributed by atoms with Gasteiger partial charge in [-0.25, -0.2) is 0 Å². The van der Waals surface area contributed by atoms with E-state index in [1.54, 1.807) is 7.05 Å². The zero-order chi connectivity index (χ0) is 20.0. The molecule has 6 rings (SSSR count). The molecule has 8 nitrogen and oxygen atoms in total. The van der Waals surface area contributed by atoms with Gasteiger partial charge < -0.3 is 10.6 Å². The van der Waals surface area contributed by atoms with Crippen LogP contribution in [0.5, 0.6) is 0 Å². The number of amides is 2. The van der Waals surface area contributed by atoms with Crippen LogP contribution in [0.3, 0.4) is 0 Å². The molecule has 6 aliphatic rings. The van der Waals surface area contributed by atoms with Crippen molar-refractivity contribution in [3.8, 4) is 0 Å². The highest BCUT2D eigenvalue weighted by molar-refractivity contribution is 6.06. The van der Waals surface area contributed by atoms with Crippen LogP contribution in [0.2, 0.25) is 0 Å². The van der Waals surface area contributed by atoms with Gasteiger partial charge in [-0.2, -0.15) is 0 Å². The minimum atomic E-state index is -0.0866. The minimum Gasteiger partial charge on any atom is -0.356 e. The number of fused-ring (bicyclic) bond motifs is 8. The molecule has 0 aromatic rings. The third-order valence-electron chi connectivity index (χ3n) is 7.53. The van der Waals surface area contributed by atoms with Crippen molar-refractivity contribution >= 4 is 17.8 Å². The van der Waals surface area contributed by atoms with Gasteiger partial charge in [0.25, 0.3) is 0 Å². The van der Waals surface area contributed by atoms with Crippen LogP contribution in [0.15, 0.2) is 17.1 Å². The Morgan fingerprint density at radius 2 is 1.76 bits per heavy atom. The highest BCUT2D eigenvalue weighted by Gasteiger charge is 2.58. The van der Waals surface area contributed by atoms with E-state index in [1.165, 1.54) is 18.0 Å². The fourth-order valence-corrected chi connectivity index (χ4v) is 5.98. The quantitative estimate of drug-likeness (QED) is 0.203. The monoisotopic (exact) mass is 400 g/mol. The van der Waals surface area contributed by atoms with E-state index in [9.17, 15) is 9.59 Å². The van der Waals surface area contributed by atoms with Crippen LogP contribution < -0.4 is 10.6 Å². The minimum absolute atomic E-state index is 0.0516. The summed E-state index contributed by atoms with van der Waals surface area (Å²) in [5, 5.41) is 6.77. The average Bonchev–Trinajstić information content (AvgIpc) is 3.43. The number of hydrogen-bond acceptors (Lipinski definition) is 5. The zero-order valence-corrected chi connectivity index (χ0v) is 17.2. The van der Waals surface area contributed by atoms with Crippen LogP contribution in [0.4, 0.5) is 0 Å². The SMILES string of the molecule is CN=C(NCCCN1C(=O)C2C3C=CC(C3)C2C1=O)NCC1CN2CCN1CC2. The summed E-state index contributed by atoms with van der Waals surface area (Å²) in [5.41, 5.74) is 0. The van der Waals surface area contributed by atoms with Crippen LogP contribution >= 0.6 is 0 Å². The normalized spacial score (nSPS) is 40.1. The number of guanidine groups is 1. The molecule has 2 amide bonds. The summed E-state index contributed by atoms with van der Waals surface area (Å²) in [4.78, 5) is 36.4. The summed E-state index contributed by atoms with van der Waals surface area (Å²) in [6.07, 6.45) is 6.01. The van der Waals surface area contributed by atoms with Gasteiger partial charge >= 0.3 is 0 Å². The second kappa shape index (κ2) is 7.72. The first-order chi connectivity index (χ1) is 14.2. The largest absolute Gasteiger partial charge is 0.356 e. The number of carbonyl (C=O) groups is 2. The lowest BCUT2D eigenvalue weighted by molar-refractivity contribution is -0.140. The van der Waals surface area contributed by atoms with Gasteiger partial charge in [0.05, 0.1) is 11.8 Å². The fraction of sp³-hybridized carbons (Fsp3) is 0.762. The van der Waals surface area contributed by atoms with E-state index < -0.39 is 0 Å². The maximum atomic E-state index is 12.7. The number of allylic oxidation sites excluding steroid dienone is 2. The van der Waals surface area contributed by atoms with Crippen LogP contribution in [-0.4, -0.2) is 97.9 Å². The second-order valence-corrected chi connectivity index (χ2v) is 9.05. The summed E-state index contributed by atoms with van der Waals surface area (Å²) in [6, 6.07) is 0.541. The van der Waals surface area contributed by atoms with E-state index in [2.05, 4.69) is 37.6 Å². The molecule has 2 aliphatic carbocycles. The molecular formula is C21H32N6O2. The summed E-state index contributed by atoms with van der Waals surface area (Å²) in [7, 11) is 1.78. The lowest BCUT2D eigenvalue weighted by Gasteiger charge is -2.47. The van der Waals surface area contributed by atoms with E-state index in [-0.39, 0.29) is 35.5 Å². The lowest BCUT2D eigenvalue weighted by Crippen LogP contribution is -2.63. The van der Waals surface area contributed by atoms with Crippen molar-refractivity contribution in [1.29, 1.82) is 0 Å². The first kappa shape index (κ1) is 19.1. The molecule has 4 saturated heterocycles. The van der Waals surface area contributed by atoms with Crippen LogP contribution in [-0.2, 0) is 9.59 Å². The van der Waals surface area contributed by atoms with Gasteiger partial charge in [-0.15, -0.1) is 0 Å². The smallest absolute Gasteiger partial charge is 0.233 e. The molecule has 0 radical (unpaired) electrons. The van der Waals surface area contributed by atoms with Crippen molar-refractivity contribution in [1.82, 2.24) is 25.3 Å². The molecular weight excluding hydrogens is 368 g/mol. The third kappa shape index (κ3) is 3.36. The summed E-state index contributed by atoms with van der Waals surface area (Å²) >= 11 is 0. The summed E-state index contributed by atoms with van der Waals surface area (Å²) in [6.45, 7) is 7.91. The Balaban J connectivity index is 1.05. The Morgan fingerprint density at radius 1 is 1.07 bits per heavy atom. The molecule has 0 aromatic heterocycles. The zero-order valence-electron chi connectivity index (χ0n) is 17.2. The first-order valence-corrected chi connectivity index (χ1v) is 11.1. The number of likely N-dealkylation sites (tertiary alicyclic amines) is 1. The number of nitrogens with one attached hydrogen (secondary N) is 2. The molecule has 0 spiro atoms.